The molecule has 0 radical (unpaired) electrons. The number of ether oxygens (including phenoxy) is 3. The summed E-state index contributed by atoms with van der Waals surface area (Å²) in [7, 11) is 3.94. The molecule has 1 aliphatic heterocycles. The van der Waals surface area contributed by atoms with Crippen LogP contribution in [0.3, 0.4) is 0 Å². The molecule has 0 amide bonds. The van der Waals surface area contributed by atoms with Gasteiger partial charge >= 0.3 is 0 Å². The molecule has 0 aliphatic carbocycles. The van der Waals surface area contributed by atoms with E-state index in [-0.39, 0.29) is 6.04 Å². The summed E-state index contributed by atoms with van der Waals surface area (Å²) in [4.78, 5) is 2.44. The van der Waals surface area contributed by atoms with E-state index in [1.54, 1.807) is 7.11 Å². The molecule has 1 atom stereocenters. The summed E-state index contributed by atoms with van der Waals surface area (Å²) in [5.41, 5.74) is 6.22. The molecule has 0 spiro atoms. The maximum Gasteiger partial charge on any atom is 0.123 e. The minimum Gasteiger partial charge on any atom is -0.497 e. The summed E-state index contributed by atoms with van der Waals surface area (Å²) in [6, 6.07) is 33.6. The average Bonchev–Trinajstić information content (AvgIpc) is 2.93. The third-order valence-corrected chi connectivity index (χ3v) is 6.84. The third-order valence-electron chi connectivity index (χ3n) is 6.84. The van der Waals surface area contributed by atoms with Gasteiger partial charge in [0.05, 0.1) is 7.11 Å². The van der Waals surface area contributed by atoms with Gasteiger partial charge in [0, 0.05) is 18.7 Å². The number of benzene rings is 4. The van der Waals surface area contributed by atoms with E-state index < -0.39 is 0 Å². The molecule has 0 saturated heterocycles. The van der Waals surface area contributed by atoms with Gasteiger partial charge in [-0.3, -0.25) is 4.90 Å². The molecule has 1 aliphatic rings. The zero-order valence-electron chi connectivity index (χ0n) is 21.0. The van der Waals surface area contributed by atoms with Crippen LogP contribution in [0.25, 0.3) is 0 Å². The zero-order chi connectivity index (χ0) is 24.7. The molecule has 36 heavy (non-hydrogen) atoms. The van der Waals surface area contributed by atoms with Crippen molar-refractivity contribution >= 4 is 0 Å². The first-order valence-corrected chi connectivity index (χ1v) is 12.5. The highest BCUT2D eigenvalue weighted by molar-refractivity contribution is 5.43. The molecule has 1 heterocycles. The number of hydrogen-bond donors (Lipinski definition) is 0. The summed E-state index contributed by atoms with van der Waals surface area (Å²) in [5, 5.41) is 0. The molecule has 4 nitrogen and oxygen atoms in total. The topological polar surface area (TPSA) is 30.9 Å². The van der Waals surface area contributed by atoms with Gasteiger partial charge in [0.1, 0.15) is 30.5 Å². The standard InChI is InChI=1S/C32H33NO3/c1-33-16-15-27-20-28(34-2)13-14-31(27)32(33)19-26-17-29(35-22-24-9-5-3-6-10-24)21-30(18-26)36-23-25-11-7-4-8-12-25/h3-14,17-18,20-21,32H,15-16,19,22-23H2,1-2H3. The summed E-state index contributed by atoms with van der Waals surface area (Å²) >= 11 is 0. The molecule has 0 saturated carbocycles. The first kappa shape index (κ1) is 24.0. The van der Waals surface area contributed by atoms with Gasteiger partial charge in [0.25, 0.3) is 0 Å². The molecule has 0 fully saturated rings. The van der Waals surface area contributed by atoms with Crippen LogP contribution in [0.15, 0.2) is 97.1 Å². The second-order valence-electron chi connectivity index (χ2n) is 9.38. The molecule has 5 rings (SSSR count). The maximum atomic E-state index is 6.23. The predicted molar refractivity (Wildman–Crippen MR) is 144 cm³/mol. The summed E-state index contributed by atoms with van der Waals surface area (Å²) < 4.78 is 17.9. The van der Waals surface area contributed by atoms with E-state index in [4.69, 9.17) is 14.2 Å². The highest BCUT2D eigenvalue weighted by Gasteiger charge is 2.25. The van der Waals surface area contributed by atoms with Crippen molar-refractivity contribution in [3.8, 4) is 17.2 Å². The normalized spacial score (nSPS) is 15.2. The number of methoxy groups -OCH3 is 1. The van der Waals surface area contributed by atoms with Gasteiger partial charge in [-0.1, -0.05) is 66.7 Å². The van der Waals surface area contributed by atoms with E-state index in [1.165, 1.54) is 16.7 Å². The SMILES string of the molecule is COc1ccc2c(c1)CCN(C)C2Cc1cc(OCc2ccccc2)cc(OCc2ccccc2)c1. The second-order valence-corrected chi connectivity index (χ2v) is 9.38. The summed E-state index contributed by atoms with van der Waals surface area (Å²) in [6.07, 6.45) is 1.91. The minimum absolute atomic E-state index is 0.283. The Hall–Kier alpha value is -3.76. The van der Waals surface area contributed by atoms with Crippen LogP contribution in [0, 0.1) is 0 Å². The van der Waals surface area contributed by atoms with Gasteiger partial charge < -0.3 is 14.2 Å². The van der Waals surface area contributed by atoms with Gasteiger partial charge in [0.2, 0.25) is 0 Å². The Bertz CT molecular complexity index is 1210. The van der Waals surface area contributed by atoms with E-state index in [0.29, 0.717) is 13.2 Å². The number of likely N-dealkylation sites (N-methyl/N-ethyl adjacent to an activating group) is 1. The van der Waals surface area contributed by atoms with E-state index in [9.17, 15) is 0 Å². The van der Waals surface area contributed by atoms with Crippen molar-refractivity contribution in [2.24, 2.45) is 0 Å². The van der Waals surface area contributed by atoms with Gasteiger partial charge in [-0.05, 0) is 72.0 Å². The van der Waals surface area contributed by atoms with Crippen LogP contribution >= 0.6 is 0 Å². The van der Waals surface area contributed by atoms with E-state index in [0.717, 1.165) is 47.8 Å². The summed E-state index contributed by atoms with van der Waals surface area (Å²) in [5.74, 6) is 2.57. The number of nitrogens with zero attached hydrogens (tertiary/aromatic N) is 1. The fourth-order valence-electron chi connectivity index (χ4n) is 4.83. The molecule has 184 valence electrons. The molecule has 4 heteroatoms. The molecule has 0 N–H and O–H groups in total. The fraction of sp³-hybridized carbons (Fsp3) is 0.250. The van der Waals surface area contributed by atoms with Crippen LogP contribution in [0.4, 0.5) is 0 Å². The van der Waals surface area contributed by atoms with Crippen LogP contribution < -0.4 is 14.2 Å². The van der Waals surface area contributed by atoms with Crippen molar-refractivity contribution in [2.45, 2.75) is 32.1 Å². The smallest absolute Gasteiger partial charge is 0.123 e. The Kier molecular flexibility index (Phi) is 7.53. The van der Waals surface area contributed by atoms with E-state index in [1.807, 2.05) is 42.5 Å². The zero-order valence-corrected chi connectivity index (χ0v) is 21.0. The van der Waals surface area contributed by atoms with Crippen molar-refractivity contribution in [1.29, 1.82) is 0 Å². The van der Waals surface area contributed by atoms with Gasteiger partial charge in [-0.15, -0.1) is 0 Å². The molecule has 4 aromatic carbocycles. The number of rotatable bonds is 9. The van der Waals surface area contributed by atoms with Crippen molar-refractivity contribution in [3.63, 3.8) is 0 Å². The monoisotopic (exact) mass is 479 g/mol. The van der Waals surface area contributed by atoms with E-state index >= 15 is 0 Å². The first-order chi connectivity index (χ1) is 17.7. The van der Waals surface area contributed by atoms with Crippen LogP contribution in [0.2, 0.25) is 0 Å². The Morgan fingerprint density at radius 3 is 1.89 bits per heavy atom. The lowest BCUT2D eigenvalue weighted by Crippen LogP contribution is -2.33. The molecule has 0 aromatic heterocycles. The fourth-order valence-corrected chi connectivity index (χ4v) is 4.83. The van der Waals surface area contributed by atoms with Crippen LogP contribution in [0.5, 0.6) is 17.2 Å². The van der Waals surface area contributed by atoms with Gasteiger partial charge in [-0.2, -0.15) is 0 Å². The number of fused-ring (bicyclic) bond motifs is 1. The highest BCUT2D eigenvalue weighted by atomic mass is 16.5. The largest absolute Gasteiger partial charge is 0.497 e. The lowest BCUT2D eigenvalue weighted by molar-refractivity contribution is 0.228. The lowest BCUT2D eigenvalue weighted by atomic mass is 9.89. The lowest BCUT2D eigenvalue weighted by Gasteiger charge is -2.35. The quantitative estimate of drug-likeness (QED) is 0.270. The third kappa shape index (κ3) is 5.89. The maximum absolute atomic E-state index is 6.23. The Morgan fingerprint density at radius 1 is 0.694 bits per heavy atom. The molecule has 0 bridgehead atoms. The highest BCUT2D eigenvalue weighted by Crippen LogP contribution is 2.35. The average molecular weight is 480 g/mol. The van der Waals surface area contributed by atoms with E-state index in [2.05, 4.69) is 66.5 Å². The Morgan fingerprint density at radius 2 is 1.31 bits per heavy atom. The molecule has 4 aromatic rings. The van der Waals surface area contributed by atoms with Crippen molar-refractivity contribution in [3.05, 3.63) is 125 Å². The Balaban J connectivity index is 1.40. The van der Waals surface area contributed by atoms with Crippen molar-refractivity contribution in [1.82, 2.24) is 4.90 Å². The van der Waals surface area contributed by atoms with Crippen LogP contribution in [-0.2, 0) is 26.1 Å². The van der Waals surface area contributed by atoms with Gasteiger partial charge in [-0.25, -0.2) is 0 Å². The molecule has 1 unspecified atom stereocenters. The Labute approximate surface area is 214 Å². The predicted octanol–water partition coefficient (Wildman–Crippen LogP) is 6.62. The second kappa shape index (κ2) is 11.3. The van der Waals surface area contributed by atoms with Gasteiger partial charge in [0.15, 0.2) is 0 Å². The van der Waals surface area contributed by atoms with Crippen LogP contribution in [-0.4, -0.2) is 25.6 Å². The molecular weight excluding hydrogens is 446 g/mol. The first-order valence-electron chi connectivity index (χ1n) is 12.5. The van der Waals surface area contributed by atoms with Crippen molar-refractivity contribution < 1.29 is 14.2 Å². The van der Waals surface area contributed by atoms with Crippen molar-refractivity contribution in [2.75, 3.05) is 20.7 Å². The summed E-state index contributed by atoms with van der Waals surface area (Å²) in [6.45, 7) is 2.06. The minimum atomic E-state index is 0.283. The number of hydrogen-bond acceptors (Lipinski definition) is 4. The van der Waals surface area contributed by atoms with Crippen LogP contribution in [0.1, 0.15) is 33.9 Å². The molecular formula is C32H33NO3.